The van der Waals surface area contributed by atoms with Gasteiger partial charge in [-0.15, -0.1) is 6.58 Å². The summed E-state index contributed by atoms with van der Waals surface area (Å²) in [4.78, 5) is 0. The van der Waals surface area contributed by atoms with Gasteiger partial charge in [0.05, 0.1) is 12.7 Å². The molecule has 0 aromatic heterocycles. The molecule has 1 rings (SSSR count). The number of nitrogens with zero attached hydrogens (tertiary/aromatic N) is 1. The fourth-order valence-electron chi connectivity index (χ4n) is 1.99. The fourth-order valence-corrected chi connectivity index (χ4v) is 1.99. The Kier molecular flexibility index (Phi) is 5.37. The molecule has 0 aromatic carbocycles. The van der Waals surface area contributed by atoms with Crippen LogP contribution in [-0.2, 0) is 0 Å². The van der Waals surface area contributed by atoms with Gasteiger partial charge in [0, 0.05) is 25.9 Å². The van der Waals surface area contributed by atoms with Gasteiger partial charge in [-0.05, 0) is 12.8 Å². The van der Waals surface area contributed by atoms with Crippen molar-refractivity contribution in [3.05, 3.63) is 12.7 Å². The molecule has 0 aromatic rings. The van der Waals surface area contributed by atoms with Crippen LogP contribution in [0.5, 0.6) is 0 Å². The normalized spacial score (nSPS) is 22.9. The van der Waals surface area contributed by atoms with Gasteiger partial charge in [0.2, 0.25) is 0 Å². The largest absolute Gasteiger partial charge is 0.394 e. The van der Waals surface area contributed by atoms with Gasteiger partial charge < -0.3 is 15.3 Å². The van der Waals surface area contributed by atoms with E-state index in [9.17, 15) is 10.2 Å². The molecule has 2 unspecified atom stereocenters. The summed E-state index contributed by atoms with van der Waals surface area (Å²) >= 11 is 0. The highest BCUT2D eigenvalue weighted by Gasteiger charge is 2.31. The van der Waals surface area contributed by atoms with Crippen LogP contribution in [0.4, 0.5) is 0 Å². The average Bonchev–Trinajstić information content (AvgIpc) is 2.70. The van der Waals surface area contributed by atoms with Gasteiger partial charge in [-0.1, -0.05) is 6.08 Å². The number of aliphatic hydroxyl groups is 3. The SMILES string of the molecule is C=CCC(O)(CC(O)CO)NN1CCCC1. The number of hydrogen-bond donors (Lipinski definition) is 4. The first-order valence-corrected chi connectivity index (χ1v) is 5.74. The van der Waals surface area contributed by atoms with Gasteiger partial charge in [0.15, 0.2) is 0 Å². The van der Waals surface area contributed by atoms with Crippen LogP contribution in [0, 0.1) is 0 Å². The number of rotatable bonds is 7. The van der Waals surface area contributed by atoms with Crippen LogP contribution in [0.25, 0.3) is 0 Å². The molecule has 1 fully saturated rings. The summed E-state index contributed by atoms with van der Waals surface area (Å²) in [6, 6.07) is 0. The minimum absolute atomic E-state index is 0.0893. The highest BCUT2D eigenvalue weighted by Crippen LogP contribution is 2.17. The number of aliphatic hydroxyl groups excluding tert-OH is 2. The van der Waals surface area contributed by atoms with Crippen LogP contribution >= 0.6 is 0 Å². The molecule has 1 aliphatic rings. The Morgan fingerprint density at radius 3 is 2.56 bits per heavy atom. The molecule has 0 radical (unpaired) electrons. The van der Waals surface area contributed by atoms with Crippen molar-refractivity contribution in [2.75, 3.05) is 19.7 Å². The molecule has 1 heterocycles. The molecule has 94 valence electrons. The zero-order valence-electron chi connectivity index (χ0n) is 9.60. The van der Waals surface area contributed by atoms with E-state index in [-0.39, 0.29) is 13.0 Å². The van der Waals surface area contributed by atoms with Gasteiger partial charge in [-0.2, -0.15) is 0 Å². The molecule has 5 heteroatoms. The maximum Gasteiger partial charge on any atom is 0.134 e. The van der Waals surface area contributed by atoms with E-state index < -0.39 is 11.8 Å². The Hall–Kier alpha value is -0.460. The van der Waals surface area contributed by atoms with Crippen molar-refractivity contribution in [1.82, 2.24) is 10.4 Å². The molecule has 1 aliphatic heterocycles. The Bertz CT molecular complexity index is 219. The lowest BCUT2D eigenvalue weighted by Gasteiger charge is -2.34. The molecule has 0 bridgehead atoms. The molecule has 0 aliphatic carbocycles. The van der Waals surface area contributed by atoms with Gasteiger partial charge in [-0.25, -0.2) is 10.4 Å². The summed E-state index contributed by atoms with van der Waals surface area (Å²) in [6.45, 7) is 5.04. The highest BCUT2D eigenvalue weighted by molar-refractivity contribution is 4.86. The predicted octanol–water partition coefficient (Wildman–Crippen LogP) is -0.405. The van der Waals surface area contributed by atoms with Crippen molar-refractivity contribution in [3.63, 3.8) is 0 Å². The molecule has 0 saturated carbocycles. The summed E-state index contributed by atoms with van der Waals surface area (Å²) in [5.74, 6) is 0. The van der Waals surface area contributed by atoms with E-state index in [1.165, 1.54) is 0 Å². The standard InChI is InChI=1S/C11H22N2O3/c1-2-5-11(16,8-10(15)9-14)12-13-6-3-4-7-13/h2,10,12,14-16H,1,3-9H2. The van der Waals surface area contributed by atoms with Crippen molar-refractivity contribution in [2.45, 2.75) is 37.5 Å². The summed E-state index contributed by atoms with van der Waals surface area (Å²) < 4.78 is 0. The summed E-state index contributed by atoms with van der Waals surface area (Å²) in [5.41, 5.74) is 1.79. The summed E-state index contributed by atoms with van der Waals surface area (Å²) in [5, 5.41) is 30.4. The summed E-state index contributed by atoms with van der Waals surface area (Å²) in [7, 11) is 0. The van der Waals surface area contributed by atoms with E-state index >= 15 is 0 Å². The van der Waals surface area contributed by atoms with E-state index in [0.717, 1.165) is 25.9 Å². The van der Waals surface area contributed by atoms with Gasteiger partial charge in [0.1, 0.15) is 5.72 Å². The molecule has 16 heavy (non-hydrogen) atoms. The van der Waals surface area contributed by atoms with Gasteiger partial charge in [0.25, 0.3) is 0 Å². The molecule has 1 saturated heterocycles. The first-order valence-electron chi connectivity index (χ1n) is 5.74. The third-order valence-electron chi connectivity index (χ3n) is 2.74. The third-order valence-corrected chi connectivity index (χ3v) is 2.74. The Balaban J connectivity index is 2.51. The van der Waals surface area contributed by atoms with Crippen LogP contribution in [0.3, 0.4) is 0 Å². The second-order valence-electron chi connectivity index (χ2n) is 4.37. The van der Waals surface area contributed by atoms with E-state index in [2.05, 4.69) is 12.0 Å². The molecule has 0 amide bonds. The maximum atomic E-state index is 10.3. The lowest BCUT2D eigenvalue weighted by Crippen LogP contribution is -2.55. The number of hydrazine groups is 1. The van der Waals surface area contributed by atoms with Crippen molar-refractivity contribution < 1.29 is 15.3 Å². The van der Waals surface area contributed by atoms with Crippen LogP contribution < -0.4 is 5.43 Å². The molecule has 0 spiro atoms. The summed E-state index contributed by atoms with van der Waals surface area (Å²) in [6.07, 6.45) is 3.33. The lowest BCUT2D eigenvalue weighted by atomic mass is 10.0. The van der Waals surface area contributed by atoms with Crippen LogP contribution in [0.2, 0.25) is 0 Å². The van der Waals surface area contributed by atoms with E-state index in [1.807, 2.05) is 5.01 Å². The minimum Gasteiger partial charge on any atom is -0.394 e. The highest BCUT2D eigenvalue weighted by atomic mass is 16.3. The fraction of sp³-hybridized carbons (Fsp3) is 0.818. The molecule has 5 nitrogen and oxygen atoms in total. The second-order valence-corrected chi connectivity index (χ2v) is 4.37. The number of nitrogens with one attached hydrogen (secondary N) is 1. The van der Waals surface area contributed by atoms with Gasteiger partial charge in [-0.3, -0.25) is 0 Å². The topological polar surface area (TPSA) is 76.0 Å². The molecule has 4 N–H and O–H groups in total. The Labute approximate surface area is 96.4 Å². The third kappa shape index (κ3) is 4.19. The molecular weight excluding hydrogens is 208 g/mol. The average molecular weight is 230 g/mol. The predicted molar refractivity (Wildman–Crippen MR) is 61.4 cm³/mol. The Morgan fingerprint density at radius 2 is 2.06 bits per heavy atom. The maximum absolute atomic E-state index is 10.3. The zero-order chi connectivity index (χ0) is 12.0. The quantitative estimate of drug-likeness (QED) is 0.353. The second kappa shape index (κ2) is 6.32. The van der Waals surface area contributed by atoms with E-state index in [4.69, 9.17) is 5.11 Å². The van der Waals surface area contributed by atoms with Crippen molar-refractivity contribution in [1.29, 1.82) is 0 Å². The number of hydrogen-bond acceptors (Lipinski definition) is 5. The zero-order valence-corrected chi connectivity index (χ0v) is 9.60. The smallest absolute Gasteiger partial charge is 0.134 e. The van der Waals surface area contributed by atoms with Crippen molar-refractivity contribution in [2.24, 2.45) is 0 Å². The monoisotopic (exact) mass is 230 g/mol. The Morgan fingerprint density at radius 1 is 1.44 bits per heavy atom. The van der Waals surface area contributed by atoms with Crippen molar-refractivity contribution in [3.8, 4) is 0 Å². The molecule has 2 atom stereocenters. The van der Waals surface area contributed by atoms with Crippen LogP contribution in [0.15, 0.2) is 12.7 Å². The van der Waals surface area contributed by atoms with Crippen LogP contribution in [-0.4, -0.2) is 51.9 Å². The van der Waals surface area contributed by atoms with Crippen molar-refractivity contribution >= 4 is 0 Å². The molecular formula is C11H22N2O3. The van der Waals surface area contributed by atoms with Gasteiger partial charge >= 0.3 is 0 Å². The van der Waals surface area contributed by atoms with E-state index in [0.29, 0.717) is 6.42 Å². The first kappa shape index (κ1) is 13.6. The lowest BCUT2D eigenvalue weighted by molar-refractivity contribution is -0.0895. The van der Waals surface area contributed by atoms with E-state index in [1.54, 1.807) is 6.08 Å². The van der Waals surface area contributed by atoms with Crippen LogP contribution in [0.1, 0.15) is 25.7 Å². The minimum atomic E-state index is -1.21. The first-order chi connectivity index (χ1) is 7.59.